The zero-order valence-corrected chi connectivity index (χ0v) is 12.6. The van der Waals surface area contributed by atoms with Gasteiger partial charge in [0.25, 0.3) is 11.8 Å². The minimum atomic E-state index is -2.07. The Labute approximate surface area is 129 Å². The smallest absolute Gasteiger partial charge is 0.261 e. The fourth-order valence-electron chi connectivity index (χ4n) is 1.93. The Morgan fingerprint density at radius 1 is 1.29 bits per heavy atom. The second-order valence-corrected chi connectivity index (χ2v) is 5.80. The van der Waals surface area contributed by atoms with Crippen molar-refractivity contribution in [3.05, 3.63) is 35.4 Å². The van der Waals surface area contributed by atoms with Crippen LogP contribution in [0.4, 0.5) is 8.78 Å². The van der Waals surface area contributed by atoms with Gasteiger partial charge in [-0.1, -0.05) is 24.4 Å². The van der Waals surface area contributed by atoms with Crippen LogP contribution < -0.4 is 5.32 Å². The number of carbonyl (C=O) groups is 2. The molecule has 0 saturated carbocycles. The number of imide groups is 1. The summed E-state index contributed by atoms with van der Waals surface area (Å²) < 4.78 is 27.6. The first-order valence-electron chi connectivity index (χ1n) is 6.03. The topological polar surface area (TPSA) is 49.4 Å². The molecule has 0 spiro atoms. The van der Waals surface area contributed by atoms with Crippen molar-refractivity contribution in [2.24, 2.45) is 0 Å². The van der Waals surface area contributed by atoms with E-state index in [2.05, 4.69) is 5.32 Å². The van der Waals surface area contributed by atoms with Crippen LogP contribution in [0.25, 0.3) is 0 Å². The lowest BCUT2D eigenvalue weighted by molar-refractivity contribution is 0.0547. The van der Waals surface area contributed by atoms with Crippen LogP contribution in [0, 0.1) is 0 Å². The van der Waals surface area contributed by atoms with E-state index in [1.807, 2.05) is 0 Å². The minimum absolute atomic E-state index is 0.104. The van der Waals surface area contributed by atoms with E-state index in [4.69, 9.17) is 12.2 Å². The Morgan fingerprint density at radius 2 is 1.81 bits per heavy atom. The van der Waals surface area contributed by atoms with E-state index >= 15 is 0 Å². The molecule has 21 heavy (non-hydrogen) atoms. The van der Waals surface area contributed by atoms with Gasteiger partial charge in [-0.2, -0.15) is 0 Å². The Balaban J connectivity index is 2.06. The van der Waals surface area contributed by atoms with Gasteiger partial charge in [-0.3, -0.25) is 14.5 Å². The number of alkyl halides is 2. The molecule has 2 atom stereocenters. The second-order valence-electron chi connectivity index (χ2n) is 4.32. The molecule has 1 heterocycles. The third-order valence-corrected chi connectivity index (χ3v) is 4.10. The summed E-state index contributed by atoms with van der Waals surface area (Å²) in [4.78, 5) is 24.7. The van der Waals surface area contributed by atoms with E-state index in [0.29, 0.717) is 4.90 Å². The summed E-state index contributed by atoms with van der Waals surface area (Å²) in [5.41, 5.74) is 0.412. The number of rotatable bonds is 4. The molecular formula is C13H12F2N2O2S2. The van der Waals surface area contributed by atoms with Gasteiger partial charge in [0, 0.05) is 0 Å². The number of hydrogen-bond acceptors (Lipinski definition) is 4. The monoisotopic (exact) mass is 330 g/mol. The summed E-state index contributed by atoms with van der Waals surface area (Å²) in [5.74, 6) is -1.23. The van der Waals surface area contributed by atoms with Crippen molar-refractivity contribution in [2.75, 3.05) is 12.8 Å². The average molecular weight is 330 g/mol. The number of fused-ring (bicyclic) bond motifs is 1. The summed E-state index contributed by atoms with van der Waals surface area (Å²) in [7, 11) is 0. The number of nitrogens with one attached hydrogen (secondary N) is 1. The van der Waals surface area contributed by atoms with Crippen molar-refractivity contribution in [3.8, 4) is 0 Å². The van der Waals surface area contributed by atoms with Gasteiger partial charge in [-0.15, -0.1) is 11.8 Å². The van der Waals surface area contributed by atoms with Crippen LogP contribution in [0.5, 0.6) is 0 Å². The van der Waals surface area contributed by atoms with E-state index in [-0.39, 0.29) is 15.4 Å². The van der Waals surface area contributed by atoms with Crippen LogP contribution in [0.1, 0.15) is 20.7 Å². The molecule has 0 saturated heterocycles. The van der Waals surface area contributed by atoms with Crippen molar-refractivity contribution >= 4 is 40.1 Å². The van der Waals surface area contributed by atoms with Gasteiger partial charge in [-0.05, 0) is 18.4 Å². The van der Waals surface area contributed by atoms with E-state index in [1.165, 1.54) is 12.1 Å². The highest BCUT2D eigenvalue weighted by Crippen LogP contribution is 2.23. The van der Waals surface area contributed by atoms with Crippen LogP contribution >= 0.6 is 24.0 Å². The lowest BCUT2D eigenvalue weighted by Crippen LogP contribution is -2.44. The summed E-state index contributed by atoms with van der Waals surface area (Å²) in [5, 5.41) is 2.16. The summed E-state index contributed by atoms with van der Waals surface area (Å²) in [6.07, 6.45) is -2.51. The number of amides is 2. The molecular weight excluding hydrogens is 318 g/mol. The Morgan fingerprint density at radius 3 is 2.29 bits per heavy atom. The zero-order chi connectivity index (χ0) is 15.6. The molecule has 2 unspecified atom stereocenters. The minimum Gasteiger partial charge on any atom is -0.339 e. The number of thiocarbonyl (C=S) groups is 1. The number of benzene rings is 1. The number of hydrogen-bond donors (Lipinski definition) is 1. The fraction of sp³-hybridized carbons (Fsp3) is 0.308. The summed E-state index contributed by atoms with van der Waals surface area (Å²) in [6.45, 7) is -0.655. The molecule has 1 aromatic carbocycles. The largest absolute Gasteiger partial charge is 0.339 e. The van der Waals surface area contributed by atoms with E-state index < -0.39 is 30.8 Å². The first-order chi connectivity index (χ1) is 9.95. The highest BCUT2D eigenvalue weighted by molar-refractivity contribution is 8.22. The molecule has 8 heteroatoms. The van der Waals surface area contributed by atoms with E-state index in [9.17, 15) is 18.4 Å². The standard InChI is InChI=1S/C13H12F2N2O2S2/c1-21-13(20)16-10(15)9(14)6-17-11(18)7-4-2-3-5-8(7)12(17)19/h2-5,9-10H,6H2,1H3,(H,16,20). The quantitative estimate of drug-likeness (QED) is 0.521. The Kier molecular flexibility index (Phi) is 4.89. The molecule has 1 aliphatic heterocycles. The molecule has 1 N–H and O–H groups in total. The highest BCUT2D eigenvalue weighted by atomic mass is 32.2. The molecule has 1 aromatic rings. The van der Waals surface area contributed by atoms with Gasteiger partial charge in [-0.25, -0.2) is 8.78 Å². The van der Waals surface area contributed by atoms with E-state index in [1.54, 1.807) is 18.4 Å². The number of carbonyl (C=O) groups excluding carboxylic acids is 2. The SMILES string of the molecule is CSC(=S)NC(F)C(F)CN1C(=O)c2ccccc2C1=O. The number of halogens is 2. The molecule has 4 nitrogen and oxygen atoms in total. The van der Waals surface area contributed by atoms with Gasteiger partial charge < -0.3 is 5.32 Å². The van der Waals surface area contributed by atoms with Crippen molar-refractivity contribution in [1.82, 2.24) is 10.2 Å². The van der Waals surface area contributed by atoms with Crippen molar-refractivity contribution in [3.63, 3.8) is 0 Å². The van der Waals surface area contributed by atoms with Crippen LogP contribution in [-0.4, -0.2) is 46.3 Å². The maximum absolute atomic E-state index is 13.9. The molecule has 1 aliphatic rings. The molecule has 0 aromatic heterocycles. The van der Waals surface area contributed by atoms with Gasteiger partial charge in [0.1, 0.15) is 4.32 Å². The van der Waals surface area contributed by atoms with Gasteiger partial charge >= 0.3 is 0 Å². The van der Waals surface area contributed by atoms with E-state index in [0.717, 1.165) is 11.8 Å². The predicted molar refractivity (Wildman–Crippen MR) is 80.8 cm³/mol. The third-order valence-electron chi connectivity index (χ3n) is 2.99. The third kappa shape index (κ3) is 3.21. The van der Waals surface area contributed by atoms with Crippen molar-refractivity contribution in [1.29, 1.82) is 0 Å². The Bertz CT molecular complexity index is 562. The van der Waals surface area contributed by atoms with Gasteiger partial charge in [0.15, 0.2) is 6.17 Å². The molecule has 0 aliphatic carbocycles. The molecule has 112 valence electrons. The maximum atomic E-state index is 13.9. The normalized spacial score (nSPS) is 16.6. The molecule has 0 bridgehead atoms. The van der Waals surface area contributed by atoms with Crippen LogP contribution in [0.15, 0.2) is 24.3 Å². The molecule has 2 rings (SSSR count). The van der Waals surface area contributed by atoms with Crippen LogP contribution in [-0.2, 0) is 0 Å². The lowest BCUT2D eigenvalue weighted by atomic mass is 10.1. The van der Waals surface area contributed by atoms with Crippen molar-refractivity contribution in [2.45, 2.75) is 12.5 Å². The summed E-state index contributed by atoms with van der Waals surface area (Å²) in [6, 6.07) is 6.18. The first kappa shape index (κ1) is 15.8. The van der Waals surface area contributed by atoms with Crippen LogP contribution in [0.2, 0.25) is 0 Å². The van der Waals surface area contributed by atoms with Gasteiger partial charge in [0.2, 0.25) is 6.30 Å². The molecule has 2 amide bonds. The lowest BCUT2D eigenvalue weighted by Gasteiger charge is -2.20. The molecule has 0 fully saturated rings. The Hall–Kier alpha value is -1.54. The van der Waals surface area contributed by atoms with Gasteiger partial charge in [0.05, 0.1) is 17.7 Å². The maximum Gasteiger partial charge on any atom is 0.261 e. The van der Waals surface area contributed by atoms with Crippen LogP contribution in [0.3, 0.4) is 0 Å². The number of nitrogens with zero attached hydrogens (tertiary/aromatic N) is 1. The highest BCUT2D eigenvalue weighted by Gasteiger charge is 2.38. The number of thioether (sulfide) groups is 1. The van der Waals surface area contributed by atoms with Crippen molar-refractivity contribution < 1.29 is 18.4 Å². The fourth-order valence-corrected chi connectivity index (χ4v) is 2.28. The first-order valence-corrected chi connectivity index (χ1v) is 7.67. The summed E-state index contributed by atoms with van der Waals surface area (Å²) >= 11 is 5.80. The zero-order valence-electron chi connectivity index (χ0n) is 11.0. The average Bonchev–Trinajstić information content (AvgIpc) is 2.72. The molecule has 0 radical (unpaired) electrons. The predicted octanol–water partition coefficient (Wildman–Crippen LogP) is 2.15. The second kappa shape index (κ2) is 6.48.